The normalized spacial score (nSPS) is 14.2. The molecule has 0 radical (unpaired) electrons. The van der Waals surface area contributed by atoms with Gasteiger partial charge in [0.15, 0.2) is 0 Å². The van der Waals surface area contributed by atoms with Crippen LogP contribution < -0.4 is 5.32 Å². The first-order valence-electron chi connectivity index (χ1n) is 8.56. The number of nitrogens with zero attached hydrogens (tertiary/aromatic N) is 3. The fourth-order valence-electron chi connectivity index (χ4n) is 2.67. The summed E-state index contributed by atoms with van der Waals surface area (Å²) in [6.07, 6.45) is 1.19. The molecule has 0 saturated heterocycles. The number of likely N-dealkylation sites (N-methyl/N-ethyl adjacent to an activating group) is 1. The lowest BCUT2D eigenvalue weighted by molar-refractivity contribution is 0.249. The van der Waals surface area contributed by atoms with E-state index in [1.54, 1.807) is 0 Å². The molecule has 4 heteroatoms. The third kappa shape index (κ3) is 4.66. The molecule has 126 valence electrons. The van der Waals surface area contributed by atoms with Crippen molar-refractivity contribution in [3.8, 4) is 11.3 Å². The van der Waals surface area contributed by atoms with Crippen molar-refractivity contribution >= 4 is 0 Å². The van der Waals surface area contributed by atoms with Crippen LogP contribution in [0, 0.1) is 0 Å². The maximum atomic E-state index is 4.68. The van der Waals surface area contributed by atoms with E-state index in [-0.39, 0.29) is 6.04 Å². The Kier molecular flexibility index (Phi) is 6.37. The third-order valence-electron chi connectivity index (χ3n) is 4.67. The molecule has 0 aliphatic rings. The molecule has 1 aromatic heterocycles. The highest BCUT2D eigenvalue weighted by molar-refractivity contribution is 5.59. The Hall–Kier alpha value is -1.65. The Balaban J connectivity index is 1.94. The summed E-state index contributed by atoms with van der Waals surface area (Å²) in [5, 5.41) is 8.26. The minimum atomic E-state index is 0.254. The van der Waals surface area contributed by atoms with E-state index in [9.17, 15) is 0 Å². The smallest absolute Gasteiger partial charge is 0.0797 e. The fraction of sp³-hybridized carbons (Fsp3) is 0.526. The highest BCUT2D eigenvalue weighted by Crippen LogP contribution is 2.22. The third-order valence-corrected chi connectivity index (χ3v) is 4.67. The van der Waals surface area contributed by atoms with Crippen molar-refractivity contribution in [3.63, 3.8) is 0 Å². The number of aromatic nitrogens is 2. The molecule has 2 atom stereocenters. The van der Waals surface area contributed by atoms with E-state index in [1.165, 1.54) is 12.0 Å². The second kappa shape index (κ2) is 8.27. The van der Waals surface area contributed by atoms with Crippen LogP contribution in [0.25, 0.3) is 11.3 Å². The van der Waals surface area contributed by atoms with Gasteiger partial charge in [-0.2, -0.15) is 5.10 Å². The fourth-order valence-corrected chi connectivity index (χ4v) is 2.67. The summed E-state index contributed by atoms with van der Waals surface area (Å²) < 4.78 is 1.97. The standard InChI is InChI=1S/C19H30N4/c1-6-15(2)22(4)13-12-20-16(3)18-14-19(23(5)21-18)17-10-8-7-9-11-17/h7-11,14-16,20H,6,12-13H2,1-5H3. The molecule has 4 nitrogen and oxygen atoms in total. The first-order chi connectivity index (χ1) is 11.0. The molecule has 0 aliphatic carbocycles. The molecular formula is C19H30N4. The largest absolute Gasteiger partial charge is 0.308 e. The van der Waals surface area contributed by atoms with Crippen LogP contribution in [0.1, 0.15) is 38.9 Å². The second-order valence-electron chi connectivity index (χ2n) is 6.36. The van der Waals surface area contributed by atoms with Gasteiger partial charge in [-0.05, 0) is 38.9 Å². The maximum absolute atomic E-state index is 4.68. The van der Waals surface area contributed by atoms with Crippen molar-refractivity contribution in [1.82, 2.24) is 20.0 Å². The van der Waals surface area contributed by atoms with Gasteiger partial charge in [-0.1, -0.05) is 37.3 Å². The Morgan fingerprint density at radius 1 is 1.22 bits per heavy atom. The van der Waals surface area contributed by atoms with E-state index in [4.69, 9.17) is 0 Å². The number of rotatable bonds is 8. The number of hydrogen-bond acceptors (Lipinski definition) is 3. The van der Waals surface area contributed by atoms with E-state index in [0.29, 0.717) is 6.04 Å². The molecule has 1 N–H and O–H groups in total. The van der Waals surface area contributed by atoms with Crippen LogP contribution in [-0.2, 0) is 7.05 Å². The van der Waals surface area contributed by atoms with Gasteiger partial charge in [-0.15, -0.1) is 0 Å². The Morgan fingerprint density at radius 2 is 1.91 bits per heavy atom. The molecule has 0 fully saturated rings. The van der Waals surface area contributed by atoms with Gasteiger partial charge in [0, 0.05) is 32.2 Å². The molecule has 0 bridgehead atoms. The highest BCUT2D eigenvalue weighted by Gasteiger charge is 2.13. The van der Waals surface area contributed by atoms with Crippen LogP contribution in [0.4, 0.5) is 0 Å². The molecule has 1 heterocycles. The summed E-state index contributed by atoms with van der Waals surface area (Å²) in [5.41, 5.74) is 3.46. The Morgan fingerprint density at radius 3 is 2.57 bits per heavy atom. The van der Waals surface area contributed by atoms with Gasteiger partial charge < -0.3 is 10.2 Å². The number of nitrogens with one attached hydrogen (secondary N) is 1. The summed E-state index contributed by atoms with van der Waals surface area (Å²) in [4.78, 5) is 2.40. The highest BCUT2D eigenvalue weighted by atomic mass is 15.3. The average Bonchev–Trinajstić information content (AvgIpc) is 2.96. The van der Waals surface area contributed by atoms with E-state index in [0.717, 1.165) is 24.5 Å². The first kappa shape index (κ1) is 17.7. The first-order valence-corrected chi connectivity index (χ1v) is 8.56. The van der Waals surface area contributed by atoms with Gasteiger partial charge in [0.05, 0.1) is 11.4 Å². The lowest BCUT2D eigenvalue weighted by Crippen LogP contribution is -2.35. The van der Waals surface area contributed by atoms with E-state index in [2.05, 4.69) is 73.5 Å². The lowest BCUT2D eigenvalue weighted by Gasteiger charge is -2.24. The molecule has 1 aromatic carbocycles. The quantitative estimate of drug-likeness (QED) is 0.810. The zero-order valence-electron chi connectivity index (χ0n) is 15.1. The Bertz CT molecular complexity index is 591. The van der Waals surface area contributed by atoms with Gasteiger partial charge in [-0.25, -0.2) is 0 Å². The van der Waals surface area contributed by atoms with Crippen LogP contribution in [0.15, 0.2) is 36.4 Å². The summed E-state index contributed by atoms with van der Waals surface area (Å²) in [5.74, 6) is 0. The van der Waals surface area contributed by atoms with Crippen molar-refractivity contribution in [2.75, 3.05) is 20.1 Å². The van der Waals surface area contributed by atoms with Gasteiger partial charge in [0.1, 0.15) is 0 Å². The van der Waals surface area contributed by atoms with Crippen molar-refractivity contribution in [2.45, 2.75) is 39.3 Å². The van der Waals surface area contributed by atoms with Crippen molar-refractivity contribution in [3.05, 3.63) is 42.1 Å². The maximum Gasteiger partial charge on any atom is 0.0797 e. The zero-order chi connectivity index (χ0) is 16.8. The summed E-state index contributed by atoms with van der Waals surface area (Å²) >= 11 is 0. The van der Waals surface area contributed by atoms with Crippen molar-refractivity contribution < 1.29 is 0 Å². The van der Waals surface area contributed by atoms with Crippen molar-refractivity contribution in [2.24, 2.45) is 7.05 Å². The molecule has 0 spiro atoms. The van der Waals surface area contributed by atoms with Gasteiger partial charge >= 0.3 is 0 Å². The molecule has 2 unspecified atom stereocenters. The summed E-state index contributed by atoms with van der Waals surface area (Å²) in [6.45, 7) is 8.71. The van der Waals surface area contributed by atoms with E-state index >= 15 is 0 Å². The molecule has 2 rings (SSSR count). The van der Waals surface area contributed by atoms with Crippen LogP contribution >= 0.6 is 0 Å². The number of aryl methyl sites for hydroxylation is 1. The molecular weight excluding hydrogens is 284 g/mol. The van der Waals surface area contributed by atoms with Gasteiger partial charge in [0.2, 0.25) is 0 Å². The van der Waals surface area contributed by atoms with Gasteiger partial charge in [0.25, 0.3) is 0 Å². The van der Waals surface area contributed by atoms with Crippen LogP contribution in [0.5, 0.6) is 0 Å². The minimum absolute atomic E-state index is 0.254. The molecule has 0 saturated carbocycles. The number of hydrogen-bond donors (Lipinski definition) is 1. The topological polar surface area (TPSA) is 33.1 Å². The minimum Gasteiger partial charge on any atom is -0.308 e. The van der Waals surface area contributed by atoms with Crippen LogP contribution in [-0.4, -0.2) is 40.9 Å². The predicted molar refractivity (Wildman–Crippen MR) is 97.4 cm³/mol. The molecule has 0 amide bonds. The molecule has 2 aromatic rings. The molecule has 23 heavy (non-hydrogen) atoms. The zero-order valence-corrected chi connectivity index (χ0v) is 15.1. The van der Waals surface area contributed by atoms with Crippen molar-refractivity contribution in [1.29, 1.82) is 0 Å². The number of benzene rings is 1. The molecule has 0 aliphatic heterocycles. The van der Waals surface area contributed by atoms with Crippen LogP contribution in [0.3, 0.4) is 0 Å². The average molecular weight is 314 g/mol. The van der Waals surface area contributed by atoms with Gasteiger partial charge in [-0.3, -0.25) is 4.68 Å². The van der Waals surface area contributed by atoms with E-state index in [1.807, 2.05) is 17.8 Å². The van der Waals surface area contributed by atoms with Crippen LogP contribution in [0.2, 0.25) is 0 Å². The predicted octanol–water partition coefficient (Wildman–Crippen LogP) is 3.47. The Labute approximate surface area is 140 Å². The summed E-state index contributed by atoms with van der Waals surface area (Å²) in [7, 11) is 4.20. The van der Waals surface area contributed by atoms with E-state index < -0.39 is 0 Å². The lowest BCUT2D eigenvalue weighted by atomic mass is 10.1. The monoisotopic (exact) mass is 314 g/mol. The summed E-state index contributed by atoms with van der Waals surface area (Å²) in [6, 6.07) is 13.5. The SMILES string of the molecule is CCC(C)N(C)CCNC(C)c1cc(-c2ccccc2)n(C)n1. The second-order valence-corrected chi connectivity index (χ2v) is 6.36.